The molecule has 2 heterocycles. The molecule has 0 saturated heterocycles. The SMILES string of the molecule is CC(C)(C)Nc1ncnc2c1cnn2-c1cccc(F)c1. The van der Waals surface area contributed by atoms with Crippen molar-refractivity contribution in [3.8, 4) is 5.69 Å². The number of nitrogens with zero attached hydrogens (tertiary/aromatic N) is 4. The molecular formula is C15H16FN5. The second kappa shape index (κ2) is 4.80. The highest BCUT2D eigenvalue weighted by Gasteiger charge is 2.16. The molecule has 0 atom stereocenters. The summed E-state index contributed by atoms with van der Waals surface area (Å²) in [7, 11) is 0. The highest BCUT2D eigenvalue weighted by Crippen LogP contribution is 2.24. The van der Waals surface area contributed by atoms with E-state index in [2.05, 4.69) is 41.2 Å². The number of rotatable bonds is 2. The van der Waals surface area contributed by atoms with Gasteiger partial charge in [0.1, 0.15) is 18.0 Å². The van der Waals surface area contributed by atoms with Crippen molar-refractivity contribution in [1.82, 2.24) is 19.7 Å². The molecule has 0 amide bonds. The van der Waals surface area contributed by atoms with E-state index in [0.717, 1.165) is 11.2 Å². The Labute approximate surface area is 121 Å². The van der Waals surface area contributed by atoms with Crippen LogP contribution in [0, 0.1) is 5.82 Å². The van der Waals surface area contributed by atoms with Crippen molar-refractivity contribution in [3.05, 3.63) is 42.6 Å². The lowest BCUT2D eigenvalue weighted by Gasteiger charge is -2.21. The molecule has 0 spiro atoms. The molecule has 0 aliphatic heterocycles. The summed E-state index contributed by atoms with van der Waals surface area (Å²) >= 11 is 0. The molecule has 5 nitrogen and oxygen atoms in total. The zero-order chi connectivity index (χ0) is 15.0. The molecule has 0 radical (unpaired) electrons. The molecule has 2 aromatic heterocycles. The molecule has 0 bridgehead atoms. The molecule has 0 fully saturated rings. The molecular weight excluding hydrogens is 269 g/mol. The Kier molecular flexibility index (Phi) is 3.08. The van der Waals surface area contributed by atoms with Gasteiger partial charge in [0.25, 0.3) is 0 Å². The van der Waals surface area contributed by atoms with Crippen LogP contribution in [0.1, 0.15) is 20.8 Å². The zero-order valence-electron chi connectivity index (χ0n) is 12.1. The van der Waals surface area contributed by atoms with E-state index in [0.29, 0.717) is 11.3 Å². The number of anilines is 1. The molecule has 0 unspecified atom stereocenters. The maximum atomic E-state index is 13.4. The van der Waals surface area contributed by atoms with Crippen LogP contribution in [0.4, 0.5) is 10.2 Å². The van der Waals surface area contributed by atoms with Crippen molar-refractivity contribution >= 4 is 16.9 Å². The van der Waals surface area contributed by atoms with Gasteiger partial charge in [-0.1, -0.05) is 6.07 Å². The Balaban J connectivity index is 2.13. The van der Waals surface area contributed by atoms with Gasteiger partial charge in [-0.3, -0.25) is 0 Å². The number of hydrogen-bond acceptors (Lipinski definition) is 4. The predicted octanol–water partition coefficient (Wildman–Crippen LogP) is 3.17. The van der Waals surface area contributed by atoms with Crippen LogP contribution in [0.25, 0.3) is 16.7 Å². The Morgan fingerprint density at radius 3 is 2.71 bits per heavy atom. The lowest BCUT2D eigenvalue weighted by Crippen LogP contribution is -2.26. The minimum atomic E-state index is -0.307. The number of fused-ring (bicyclic) bond motifs is 1. The summed E-state index contributed by atoms with van der Waals surface area (Å²) in [4.78, 5) is 8.53. The molecule has 21 heavy (non-hydrogen) atoms. The monoisotopic (exact) mass is 285 g/mol. The smallest absolute Gasteiger partial charge is 0.168 e. The lowest BCUT2D eigenvalue weighted by molar-refractivity contribution is 0.625. The van der Waals surface area contributed by atoms with Crippen LogP contribution in [-0.2, 0) is 0 Å². The normalized spacial score (nSPS) is 11.8. The number of halogens is 1. The largest absolute Gasteiger partial charge is 0.365 e. The highest BCUT2D eigenvalue weighted by atomic mass is 19.1. The van der Waals surface area contributed by atoms with Gasteiger partial charge in [-0.2, -0.15) is 5.10 Å². The summed E-state index contributed by atoms with van der Waals surface area (Å²) in [5.41, 5.74) is 1.15. The minimum Gasteiger partial charge on any atom is -0.365 e. The van der Waals surface area contributed by atoms with E-state index in [1.54, 1.807) is 23.0 Å². The van der Waals surface area contributed by atoms with Crippen LogP contribution >= 0.6 is 0 Å². The zero-order valence-corrected chi connectivity index (χ0v) is 12.1. The quantitative estimate of drug-likeness (QED) is 0.785. The molecule has 0 saturated carbocycles. The standard InChI is InChI=1S/C15H16FN5/c1-15(2,3)20-13-12-8-19-21(14(12)18-9-17-13)11-6-4-5-10(16)7-11/h4-9H,1-3H3,(H,17,18,20). The summed E-state index contributed by atoms with van der Waals surface area (Å²) in [6, 6.07) is 6.25. The van der Waals surface area contributed by atoms with Crippen LogP contribution in [-0.4, -0.2) is 25.3 Å². The van der Waals surface area contributed by atoms with E-state index in [1.165, 1.54) is 18.5 Å². The first-order chi connectivity index (χ1) is 9.94. The number of benzene rings is 1. The van der Waals surface area contributed by atoms with Crippen LogP contribution in [0.5, 0.6) is 0 Å². The second-order valence-electron chi connectivity index (χ2n) is 5.87. The molecule has 1 aromatic carbocycles. The molecule has 3 aromatic rings. The number of hydrogen-bond donors (Lipinski definition) is 1. The first-order valence-corrected chi connectivity index (χ1v) is 6.67. The maximum Gasteiger partial charge on any atom is 0.168 e. The van der Waals surface area contributed by atoms with E-state index in [4.69, 9.17) is 0 Å². The fourth-order valence-electron chi connectivity index (χ4n) is 2.10. The summed E-state index contributed by atoms with van der Waals surface area (Å²) in [5.74, 6) is 0.411. The van der Waals surface area contributed by atoms with Crippen molar-refractivity contribution in [2.24, 2.45) is 0 Å². The third-order valence-corrected chi connectivity index (χ3v) is 2.91. The van der Waals surface area contributed by atoms with Gasteiger partial charge in [-0.05, 0) is 39.0 Å². The topological polar surface area (TPSA) is 55.6 Å². The molecule has 6 heteroatoms. The summed E-state index contributed by atoms with van der Waals surface area (Å²) in [6.45, 7) is 6.16. The second-order valence-corrected chi connectivity index (χ2v) is 5.87. The average Bonchev–Trinajstić information content (AvgIpc) is 2.82. The van der Waals surface area contributed by atoms with Gasteiger partial charge < -0.3 is 5.32 Å². The Morgan fingerprint density at radius 1 is 1.19 bits per heavy atom. The summed E-state index contributed by atoms with van der Waals surface area (Å²) in [6.07, 6.45) is 3.17. The van der Waals surface area contributed by atoms with Gasteiger partial charge >= 0.3 is 0 Å². The first-order valence-electron chi connectivity index (χ1n) is 6.67. The van der Waals surface area contributed by atoms with Gasteiger partial charge in [0.15, 0.2) is 5.65 Å². The van der Waals surface area contributed by atoms with Crippen molar-refractivity contribution in [1.29, 1.82) is 0 Å². The van der Waals surface area contributed by atoms with Crippen molar-refractivity contribution in [2.45, 2.75) is 26.3 Å². The van der Waals surface area contributed by atoms with E-state index in [9.17, 15) is 4.39 Å². The summed E-state index contributed by atoms with van der Waals surface area (Å²) < 4.78 is 15.0. The third-order valence-electron chi connectivity index (χ3n) is 2.91. The van der Waals surface area contributed by atoms with Gasteiger partial charge in [0.05, 0.1) is 17.3 Å². The van der Waals surface area contributed by atoms with Crippen molar-refractivity contribution < 1.29 is 4.39 Å². The minimum absolute atomic E-state index is 0.123. The summed E-state index contributed by atoms with van der Waals surface area (Å²) in [5, 5.41) is 8.43. The first kappa shape index (κ1) is 13.5. The Hall–Kier alpha value is -2.50. The number of aromatic nitrogens is 4. The lowest BCUT2D eigenvalue weighted by atomic mass is 10.1. The Bertz CT molecular complexity index is 788. The van der Waals surface area contributed by atoms with Crippen LogP contribution in [0.15, 0.2) is 36.8 Å². The van der Waals surface area contributed by atoms with E-state index in [1.807, 2.05) is 0 Å². The van der Waals surface area contributed by atoms with Crippen molar-refractivity contribution in [3.63, 3.8) is 0 Å². The average molecular weight is 285 g/mol. The van der Waals surface area contributed by atoms with Crippen molar-refractivity contribution in [2.75, 3.05) is 5.32 Å². The van der Waals surface area contributed by atoms with Gasteiger partial charge in [-0.25, -0.2) is 19.0 Å². The van der Waals surface area contributed by atoms with Crippen LogP contribution in [0.3, 0.4) is 0 Å². The predicted molar refractivity (Wildman–Crippen MR) is 80.0 cm³/mol. The van der Waals surface area contributed by atoms with E-state index < -0.39 is 0 Å². The van der Waals surface area contributed by atoms with Gasteiger partial charge in [0, 0.05) is 5.54 Å². The fraction of sp³-hybridized carbons (Fsp3) is 0.267. The Morgan fingerprint density at radius 2 is 2.00 bits per heavy atom. The highest BCUT2D eigenvalue weighted by molar-refractivity contribution is 5.87. The molecule has 0 aliphatic rings. The molecule has 0 aliphatic carbocycles. The maximum absolute atomic E-state index is 13.4. The van der Waals surface area contributed by atoms with Gasteiger partial charge in [-0.15, -0.1) is 0 Å². The third kappa shape index (κ3) is 2.69. The molecule has 108 valence electrons. The number of nitrogens with one attached hydrogen (secondary N) is 1. The van der Waals surface area contributed by atoms with Crippen LogP contribution in [0.2, 0.25) is 0 Å². The fourth-order valence-corrected chi connectivity index (χ4v) is 2.10. The van der Waals surface area contributed by atoms with Crippen LogP contribution < -0.4 is 5.32 Å². The van der Waals surface area contributed by atoms with Gasteiger partial charge in [0.2, 0.25) is 0 Å². The molecule has 1 N–H and O–H groups in total. The van der Waals surface area contributed by atoms with E-state index >= 15 is 0 Å². The molecule has 3 rings (SSSR count). The van der Waals surface area contributed by atoms with E-state index in [-0.39, 0.29) is 11.4 Å².